The second-order valence-electron chi connectivity index (χ2n) is 4.25. The summed E-state index contributed by atoms with van der Waals surface area (Å²) in [5, 5.41) is 9.03. The quantitative estimate of drug-likeness (QED) is 0.726. The molecule has 2 amide bonds. The molecule has 0 radical (unpaired) electrons. The zero-order chi connectivity index (χ0) is 13.4. The van der Waals surface area contributed by atoms with Crippen molar-refractivity contribution in [2.45, 2.75) is 33.2 Å². The lowest BCUT2D eigenvalue weighted by Gasteiger charge is -2.18. The monoisotopic (exact) mass is 249 g/mol. The fraction of sp³-hybridized carbons (Fsp3) is 0.500. The largest absolute Gasteiger partial charge is 0.338 e. The van der Waals surface area contributed by atoms with Crippen molar-refractivity contribution in [3.63, 3.8) is 0 Å². The summed E-state index contributed by atoms with van der Waals surface area (Å²) < 4.78 is 0. The Bertz CT molecular complexity index is 379. The number of rotatable bonds is 6. The summed E-state index contributed by atoms with van der Waals surface area (Å²) >= 11 is 0. The number of carbonyl (C=O) groups excluding carboxylic acids is 1. The Kier molecular flexibility index (Phi) is 6.22. The van der Waals surface area contributed by atoms with E-state index < -0.39 is 0 Å². The van der Waals surface area contributed by atoms with Gasteiger partial charge in [0.1, 0.15) is 0 Å². The number of hydrogen-bond donors (Lipinski definition) is 3. The van der Waals surface area contributed by atoms with Crippen molar-refractivity contribution < 1.29 is 4.79 Å². The van der Waals surface area contributed by atoms with Gasteiger partial charge in [0.05, 0.1) is 0 Å². The number of para-hydroxylation sites is 1. The Morgan fingerprint density at radius 2 is 2.00 bits per heavy atom. The molecular weight excluding hydrogens is 226 g/mol. The third-order valence-electron chi connectivity index (χ3n) is 2.71. The lowest BCUT2D eigenvalue weighted by atomic mass is 10.1. The molecule has 0 aliphatic heterocycles. The van der Waals surface area contributed by atoms with Crippen molar-refractivity contribution in [2.24, 2.45) is 0 Å². The Morgan fingerprint density at radius 3 is 2.67 bits per heavy atom. The van der Waals surface area contributed by atoms with Crippen molar-refractivity contribution in [3.8, 4) is 0 Å². The Balaban J connectivity index is 2.75. The van der Waals surface area contributed by atoms with Crippen LogP contribution in [-0.2, 0) is 0 Å². The van der Waals surface area contributed by atoms with Gasteiger partial charge in [0.2, 0.25) is 0 Å². The van der Waals surface area contributed by atoms with Crippen LogP contribution in [0.5, 0.6) is 0 Å². The van der Waals surface area contributed by atoms with E-state index in [1.807, 2.05) is 31.2 Å². The highest BCUT2D eigenvalue weighted by atomic mass is 16.2. The van der Waals surface area contributed by atoms with Gasteiger partial charge in [-0.1, -0.05) is 25.1 Å². The van der Waals surface area contributed by atoms with Gasteiger partial charge in [0.15, 0.2) is 0 Å². The molecule has 0 aliphatic carbocycles. The molecule has 1 rings (SSSR count). The molecule has 0 bridgehead atoms. The van der Waals surface area contributed by atoms with Gasteiger partial charge in [-0.3, -0.25) is 0 Å². The van der Waals surface area contributed by atoms with Crippen molar-refractivity contribution >= 4 is 11.7 Å². The molecule has 0 aromatic heterocycles. The molecule has 1 aromatic carbocycles. The number of benzene rings is 1. The second kappa shape index (κ2) is 7.71. The van der Waals surface area contributed by atoms with Gasteiger partial charge in [-0.2, -0.15) is 0 Å². The molecule has 4 nitrogen and oxygen atoms in total. The molecule has 4 heteroatoms. The van der Waals surface area contributed by atoms with E-state index in [2.05, 4.69) is 29.8 Å². The fourth-order valence-electron chi connectivity index (χ4n) is 1.79. The highest BCUT2D eigenvalue weighted by molar-refractivity contribution is 5.90. The molecule has 0 spiro atoms. The third kappa shape index (κ3) is 4.37. The Hall–Kier alpha value is -1.55. The Morgan fingerprint density at radius 1 is 1.28 bits per heavy atom. The number of amides is 2. The third-order valence-corrected chi connectivity index (χ3v) is 2.71. The molecule has 3 N–H and O–H groups in total. The van der Waals surface area contributed by atoms with Gasteiger partial charge >= 0.3 is 6.03 Å². The molecule has 100 valence electrons. The molecule has 18 heavy (non-hydrogen) atoms. The maximum atomic E-state index is 11.6. The van der Waals surface area contributed by atoms with Crippen LogP contribution in [0, 0.1) is 0 Å². The van der Waals surface area contributed by atoms with Crippen LogP contribution in [-0.4, -0.2) is 19.1 Å². The van der Waals surface area contributed by atoms with E-state index in [1.165, 1.54) is 0 Å². The fourth-order valence-corrected chi connectivity index (χ4v) is 1.79. The first-order valence-corrected chi connectivity index (χ1v) is 6.56. The first-order valence-electron chi connectivity index (χ1n) is 6.56. The minimum absolute atomic E-state index is 0.160. The van der Waals surface area contributed by atoms with Gasteiger partial charge in [-0.05, 0) is 38.4 Å². The van der Waals surface area contributed by atoms with Gasteiger partial charge < -0.3 is 16.0 Å². The van der Waals surface area contributed by atoms with Crippen molar-refractivity contribution in [1.82, 2.24) is 10.6 Å². The van der Waals surface area contributed by atoms with Crippen LogP contribution in [0.25, 0.3) is 0 Å². The number of nitrogens with one attached hydrogen (secondary N) is 3. The summed E-state index contributed by atoms with van der Waals surface area (Å²) in [4.78, 5) is 11.6. The average molecular weight is 249 g/mol. The van der Waals surface area contributed by atoms with Crippen LogP contribution < -0.4 is 16.0 Å². The van der Waals surface area contributed by atoms with Crippen LogP contribution in [0.2, 0.25) is 0 Å². The number of anilines is 1. The maximum Gasteiger partial charge on any atom is 0.319 e. The normalized spacial score (nSPS) is 11.9. The summed E-state index contributed by atoms with van der Waals surface area (Å²) in [5.74, 6) is 0. The number of urea groups is 1. The standard InChI is InChI=1S/C14H23N3O/c1-4-10-16-11(3)12-8-6-7-9-13(12)17-14(18)15-5-2/h6-9,11,16H,4-5,10H2,1-3H3,(H2,15,17,18). The molecular formula is C14H23N3O. The van der Waals surface area contributed by atoms with E-state index in [1.54, 1.807) is 0 Å². The van der Waals surface area contributed by atoms with E-state index >= 15 is 0 Å². The predicted octanol–water partition coefficient (Wildman–Crippen LogP) is 2.89. The highest BCUT2D eigenvalue weighted by Crippen LogP contribution is 2.22. The zero-order valence-electron chi connectivity index (χ0n) is 11.4. The molecule has 0 heterocycles. The molecule has 0 fully saturated rings. The summed E-state index contributed by atoms with van der Waals surface area (Å²) in [5.41, 5.74) is 1.97. The number of hydrogen-bond acceptors (Lipinski definition) is 2. The SMILES string of the molecule is CCCNC(C)c1ccccc1NC(=O)NCC. The molecule has 1 unspecified atom stereocenters. The summed E-state index contributed by atoms with van der Waals surface area (Å²) in [6, 6.07) is 7.94. The lowest BCUT2D eigenvalue weighted by molar-refractivity contribution is 0.252. The lowest BCUT2D eigenvalue weighted by Crippen LogP contribution is -2.29. The minimum atomic E-state index is -0.160. The highest BCUT2D eigenvalue weighted by Gasteiger charge is 2.10. The molecule has 1 atom stereocenters. The van der Waals surface area contributed by atoms with Crippen LogP contribution >= 0.6 is 0 Å². The molecule has 1 aromatic rings. The van der Waals surface area contributed by atoms with Crippen molar-refractivity contribution in [1.29, 1.82) is 0 Å². The van der Waals surface area contributed by atoms with E-state index in [0.717, 1.165) is 24.2 Å². The molecule has 0 saturated carbocycles. The van der Waals surface area contributed by atoms with E-state index in [-0.39, 0.29) is 12.1 Å². The van der Waals surface area contributed by atoms with Gasteiger partial charge in [-0.25, -0.2) is 4.79 Å². The van der Waals surface area contributed by atoms with Crippen molar-refractivity contribution in [2.75, 3.05) is 18.4 Å². The topological polar surface area (TPSA) is 53.2 Å². The first kappa shape index (κ1) is 14.5. The van der Waals surface area contributed by atoms with E-state index in [4.69, 9.17) is 0 Å². The van der Waals surface area contributed by atoms with E-state index in [0.29, 0.717) is 6.54 Å². The minimum Gasteiger partial charge on any atom is -0.338 e. The first-order chi connectivity index (χ1) is 8.69. The summed E-state index contributed by atoms with van der Waals surface area (Å²) in [6.45, 7) is 7.73. The van der Waals surface area contributed by atoms with E-state index in [9.17, 15) is 4.79 Å². The molecule has 0 aliphatic rings. The smallest absolute Gasteiger partial charge is 0.319 e. The maximum absolute atomic E-state index is 11.6. The number of carbonyl (C=O) groups is 1. The van der Waals surface area contributed by atoms with Crippen LogP contribution in [0.1, 0.15) is 38.8 Å². The summed E-state index contributed by atoms with van der Waals surface area (Å²) in [7, 11) is 0. The predicted molar refractivity (Wildman–Crippen MR) is 75.8 cm³/mol. The van der Waals surface area contributed by atoms with Crippen LogP contribution in [0.15, 0.2) is 24.3 Å². The van der Waals surface area contributed by atoms with Gasteiger partial charge in [-0.15, -0.1) is 0 Å². The van der Waals surface area contributed by atoms with Gasteiger partial charge in [0.25, 0.3) is 0 Å². The zero-order valence-corrected chi connectivity index (χ0v) is 11.4. The average Bonchev–Trinajstić information content (AvgIpc) is 2.37. The summed E-state index contributed by atoms with van der Waals surface area (Å²) in [6.07, 6.45) is 1.09. The van der Waals surface area contributed by atoms with Crippen LogP contribution in [0.3, 0.4) is 0 Å². The van der Waals surface area contributed by atoms with Crippen LogP contribution in [0.4, 0.5) is 10.5 Å². The Labute approximate surface area is 109 Å². The van der Waals surface area contributed by atoms with Crippen molar-refractivity contribution in [3.05, 3.63) is 29.8 Å². The van der Waals surface area contributed by atoms with Gasteiger partial charge in [0, 0.05) is 18.3 Å². The second-order valence-corrected chi connectivity index (χ2v) is 4.25. The molecule has 0 saturated heterocycles.